The highest BCUT2D eigenvalue weighted by Crippen LogP contribution is 2.38. The van der Waals surface area contributed by atoms with Crippen molar-refractivity contribution in [3.8, 4) is 16.9 Å². The molecule has 0 radical (unpaired) electrons. The SMILES string of the molecule is Cc1c(C(F)(F)F)cc(-c2ccc(S(N)(=O)=O)cc2)n1-c1ccc(F)cc1. The first-order chi connectivity index (χ1) is 12.5. The van der Waals surface area contributed by atoms with Crippen LogP contribution in [0.5, 0.6) is 0 Å². The number of sulfonamides is 1. The lowest BCUT2D eigenvalue weighted by atomic mass is 10.1. The third kappa shape index (κ3) is 3.74. The molecule has 0 atom stereocenters. The van der Waals surface area contributed by atoms with Gasteiger partial charge in [0.05, 0.1) is 16.2 Å². The number of primary sulfonamides is 1. The Labute approximate surface area is 152 Å². The quantitative estimate of drug-likeness (QED) is 0.670. The molecule has 4 nitrogen and oxygen atoms in total. The minimum Gasteiger partial charge on any atom is -0.313 e. The number of hydrogen-bond donors (Lipinski definition) is 1. The van der Waals surface area contributed by atoms with Gasteiger partial charge in [0.15, 0.2) is 0 Å². The number of nitrogens with two attached hydrogens (primary N) is 1. The largest absolute Gasteiger partial charge is 0.418 e. The Morgan fingerprint density at radius 2 is 1.52 bits per heavy atom. The molecule has 142 valence electrons. The van der Waals surface area contributed by atoms with Crippen LogP contribution in [0.25, 0.3) is 16.9 Å². The van der Waals surface area contributed by atoms with Crippen molar-refractivity contribution in [2.75, 3.05) is 0 Å². The van der Waals surface area contributed by atoms with E-state index in [0.29, 0.717) is 11.3 Å². The summed E-state index contributed by atoms with van der Waals surface area (Å²) in [4.78, 5) is -0.154. The number of rotatable bonds is 3. The first kappa shape index (κ1) is 19.1. The standard InChI is InChI=1S/C18H14F4N2O2S/c1-11-16(18(20,21)22)10-17(24(11)14-6-4-13(19)5-7-14)12-2-8-15(9-3-12)27(23,25)26/h2-10H,1H3,(H2,23,25,26). The van der Waals surface area contributed by atoms with Crippen molar-refractivity contribution >= 4 is 10.0 Å². The Bertz CT molecular complexity index is 1080. The molecule has 1 heterocycles. The summed E-state index contributed by atoms with van der Waals surface area (Å²) >= 11 is 0. The van der Waals surface area contributed by atoms with Crippen LogP contribution in [0.4, 0.5) is 17.6 Å². The average molecular weight is 398 g/mol. The third-order valence-electron chi connectivity index (χ3n) is 4.12. The summed E-state index contributed by atoms with van der Waals surface area (Å²) in [6.45, 7) is 1.31. The average Bonchev–Trinajstić information content (AvgIpc) is 2.92. The lowest BCUT2D eigenvalue weighted by Crippen LogP contribution is -2.11. The molecule has 27 heavy (non-hydrogen) atoms. The van der Waals surface area contributed by atoms with Crippen molar-refractivity contribution < 1.29 is 26.0 Å². The molecule has 0 saturated heterocycles. The highest BCUT2D eigenvalue weighted by Gasteiger charge is 2.35. The summed E-state index contributed by atoms with van der Waals surface area (Å²) in [5.41, 5.74) is -0.0235. The van der Waals surface area contributed by atoms with E-state index in [1.807, 2.05) is 0 Å². The maximum Gasteiger partial charge on any atom is 0.418 e. The van der Waals surface area contributed by atoms with E-state index in [2.05, 4.69) is 0 Å². The molecule has 0 aliphatic rings. The van der Waals surface area contributed by atoms with E-state index in [4.69, 9.17) is 5.14 Å². The Kier molecular flexibility index (Phi) is 4.61. The molecule has 3 rings (SSSR count). The molecule has 2 aromatic carbocycles. The van der Waals surface area contributed by atoms with E-state index < -0.39 is 27.6 Å². The van der Waals surface area contributed by atoms with Crippen LogP contribution in [0.15, 0.2) is 59.5 Å². The molecule has 0 bridgehead atoms. The van der Waals surface area contributed by atoms with E-state index in [9.17, 15) is 26.0 Å². The van der Waals surface area contributed by atoms with Crippen LogP contribution in [0.1, 0.15) is 11.3 Å². The molecule has 0 fully saturated rings. The predicted molar refractivity (Wildman–Crippen MR) is 92.3 cm³/mol. The van der Waals surface area contributed by atoms with Gasteiger partial charge in [-0.05, 0) is 55.0 Å². The molecule has 0 unspecified atom stereocenters. The van der Waals surface area contributed by atoms with Gasteiger partial charge in [-0.25, -0.2) is 17.9 Å². The Hall–Kier alpha value is -2.65. The normalized spacial score (nSPS) is 12.4. The summed E-state index contributed by atoms with van der Waals surface area (Å²) in [6, 6.07) is 11.2. The van der Waals surface area contributed by atoms with Crippen LogP contribution in [0.3, 0.4) is 0 Å². The van der Waals surface area contributed by atoms with Crippen LogP contribution < -0.4 is 5.14 Å². The van der Waals surface area contributed by atoms with Crippen molar-refractivity contribution in [1.29, 1.82) is 0 Å². The van der Waals surface area contributed by atoms with E-state index in [-0.39, 0.29) is 16.3 Å². The second kappa shape index (κ2) is 6.50. The Morgan fingerprint density at radius 1 is 0.963 bits per heavy atom. The topological polar surface area (TPSA) is 65.1 Å². The number of halogens is 4. The minimum absolute atomic E-state index is 0.0698. The zero-order valence-electron chi connectivity index (χ0n) is 14.0. The Morgan fingerprint density at radius 3 is 2.00 bits per heavy atom. The predicted octanol–water partition coefficient (Wildman–Crippen LogP) is 4.26. The highest BCUT2D eigenvalue weighted by molar-refractivity contribution is 7.89. The highest BCUT2D eigenvalue weighted by atomic mass is 32.2. The van der Waals surface area contributed by atoms with Gasteiger partial charge >= 0.3 is 6.18 Å². The zero-order valence-corrected chi connectivity index (χ0v) is 14.8. The van der Waals surface area contributed by atoms with Gasteiger partial charge in [-0.1, -0.05) is 12.1 Å². The summed E-state index contributed by atoms with van der Waals surface area (Å²) in [5, 5.41) is 5.05. The first-order valence-corrected chi connectivity index (χ1v) is 9.22. The van der Waals surface area contributed by atoms with Crippen LogP contribution in [-0.4, -0.2) is 13.0 Å². The van der Waals surface area contributed by atoms with Gasteiger partial charge in [-0.15, -0.1) is 0 Å². The maximum absolute atomic E-state index is 13.4. The summed E-state index contributed by atoms with van der Waals surface area (Å²) in [6.07, 6.45) is -4.58. The van der Waals surface area contributed by atoms with Gasteiger partial charge in [-0.3, -0.25) is 0 Å². The van der Waals surface area contributed by atoms with Crippen molar-refractivity contribution in [1.82, 2.24) is 4.57 Å². The van der Waals surface area contributed by atoms with Gasteiger partial charge in [-0.2, -0.15) is 13.2 Å². The molecule has 0 amide bonds. The van der Waals surface area contributed by atoms with Gasteiger partial charge in [0.1, 0.15) is 5.82 Å². The molecule has 0 aliphatic carbocycles. The smallest absolute Gasteiger partial charge is 0.313 e. The fourth-order valence-corrected chi connectivity index (χ4v) is 3.36. The van der Waals surface area contributed by atoms with E-state index in [1.165, 1.54) is 47.9 Å². The Balaban J connectivity index is 2.24. The lowest BCUT2D eigenvalue weighted by Gasteiger charge is -2.13. The van der Waals surface area contributed by atoms with Crippen LogP contribution >= 0.6 is 0 Å². The van der Waals surface area contributed by atoms with Gasteiger partial charge < -0.3 is 4.57 Å². The van der Waals surface area contributed by atoms with Crippen molar-refractivity contribution in [3.05, 3.63) is 71.7 Å². The molecule has 1 aromatic heterocycles. The van der Waals surface area contributed by atoms with E-state index in [1.54, 1.807) is 0 Å². The van der Waals surface area contributed by atoms with Crippen LogP contribution in [-0.2, 0) is 16.2 Å². The van der Waals surface area contributed by atoms with Crippen molar-refractivity contribution in [3.63, 3.8) is 0 Å². The van der Waals surface area contributed by atoms with E-state index >= 15 is 0 Å². The second-order valence-electron chi connectivity index (χ2n) is 5.91. The number of alkyl halides is 3. The maximum atomic E-state index is 13.4. The second-order valence-corrected chi connectivity index (χ2v) is 7.47. The fraction of sp³-hybridized carbons (Fsp3) is 0.111. The summed E-state index contributed by atoms with van der Waals surface area (Å²) < 4.78 is 77.5. The summed E-state index contributed by atoms with van der Waals surface area (Å²) in [7, 11) is -3.92. The van der Waals surface area contributed by atoms with Crippen LogP contribution in [0, 0.1) is 12.7 Å². The fourth-order valence-electron chi connectivity index (χ4n) is 2.84. The third-order valence-corrected chi connectivity index (χ3v) is 5.05. The van der Waals surface area contributed by atoms with Crippen molar-refractivity contribution in [2.45, 2.75) is 18.0 Å². The number of nitrogens with zero attached hydrogens (tertiary/aromatic N) is 1. The number of hydrogen-bond acceptors (Lipinski definition) is 2. The van der Waals surface area contributed by atoms with Gasteiger partial charge in [0.2, 0.25) is 10.0 Å². The minimum atomic E-state index is -4.58. The van der Waals surface area contributed by atoms with Crippen molar-refractivity contribution in [2.24, 2.45) is 5.14 Å². The lowest BCUT2D eigenvalue weighted by molar-refractivity contribution is -0.138. The summed E-state index contributed by atoms with van der Waals surface area (Å²) in [5.74, 6) is -0.515. The molecule has 3 aromatic rings. The molecular formula is C18H14F4N2O2S. The van der Waals surface area contributed by atoms with Gasteiger partial charge in [0.25, 0.3) is 0 Å². The zero-order chi connectivity index (χ0) is 20.0. The molecule has 0 saturated carbocycles. The van der Waals surface area contributed by atoms with Gasteiger partial charge in [0, 0.05) is 11.4 Å². The molecule has 9 heteroatoms. The molecule has 0 spiro atoms. The molecule has 2 N–H and O–H groups in total. The monoisotopic (exact) mass is 398 g/mol. The molecular weight excluding hydrogens is 384 g/mol. The number of aromatic nitrogens is 1. The number of benzene rings is 2. The first-order valence-electron chi connectivity index (χ1n) is 7.67. The molecule has 0 aliphatic heterocycles. The van der Waals surface area contributed by atoms with Crippen LogP contribution in [0.2, 0.25) is 0 Å². The van der Waals surface area contributed by atoms with E-state index in [0.717, 1.165) is 18.2 Å².